The van der Waals surface area contributed by atoms with Crippen molar-refractivity contribution in [3.63, 3.8) is 0 Å². The number of rotatable bonds is 6. The molecule has 6 heteroatoms. The van der Waals surface area contributed by atoms with Crippen LogP contribution in [0.4, 0.5) is 0 Å². The Balaban J connectivity index is 1.14. The second kappa shape index (κ2) is 7.58. The van der Waals surface area contributed by atoms with Gasteiger partial charge in [0, 0.05) is 11.8 Å². The Hall–Kier alpha value is -3.61. The van der Waals surface area contributed by atoms with E-state index in [0.29, 0.717) is 13.2 Å². The van der Waals surface area contributed by atoms with Crippen LogP contribution in [0.1, 0.15) is 23.1 Å². The standard InChI is InChI=1S/C25H20N2O4/c1-2-6-19(7-3-1)29-20-8-4-5-16(11-20)22-13-26-24(27-22)23-25(31-23)30-21-10-9-17-14-28-15-18(17)12-21/h1-13,23,25H,14-15H2,(H,26,27). The van der Waals surface area contributed by atoms with E-state index in [2.05, 4.69) is 4.98 Å². The number of benzene rings is 3. The summed E-state index contributed by atoms with van der Waals surface area (Å²) in [4.78, 5) is 7.92. The largest absolute Gasteiger partial charge is 0.462 e. The molecule has 1 saturated heterocycles. The lowest BCUT2D eigenvalue weighted by Gasteiger charge is -2.06. The molecule has 3 heterocycles. The smallest absolute Gasteiger partial charge is 0.234 e. The van der Waals surface area contributed by atoms with E-state index in [9.17, 15) is 0 Å². The third kappa shape index (κ3) is 3.79. The maximum atomic E-state index is 5.96. The van der Waals surface area contributed by atoms with Gasteiger partial charge in [-0.2, -0.15) is 0 Å². The van der Waals surface area contributed by atoms with Gasteiger partial charge >= 0.3 is 0 Å². The molecule has 0 saturated carbocycles. The van der Waals surface area contributed by atoms with Gasteiger partial charge in [0.05, 0.1) is 18.9 Å². The van der Waals surface area contributed by atoms with Crippen molar-refractivity contribution in [3.05, 3.63) is 95.9 Å². The molecule has 1 aromatic heterocycles. The number of epoxide rings is 1. The Labute approximate surface area is 179 Å². The summed E-state index contributed by atoms with van der Waals surface area (Å²) in [7, 11) is 0. The molecule has 6 nitrogen and oxygen atoms in total. The predicted octanol–water partition coefficient (Wildman–Crippen LogP) is 5.38. The molecule has 0 amide bonds. The van der Waals surface area contributed by atoms with Crippen LogP contribution in [0.3, 0.4) is 0 Å². The molecule has 2 aliphatic heterocycles. The average molecular weight is 412 g/mol. The Bertz CT molecular complexity index is 1220. The minimum absolute atomic E-state index is 0.206. The summed E-state index contributed by atoms with van der Waals surface area (Å²) in [6.45, 7) is 1.31. The van der Waals surface area contributed by atoms with E-state index in [-0.39, 0.29) is 12.4 Å². The highest BCUT2D eigenvalue weighted by Gasteiger charge is 2.45. The maximum Gasteiger partial charge on any atom is 0.234 e. The zero-order valence-corrected chi connectivity index (χ0v) is 16.7. The first-order chi connectivity index (χ1) is 15.3. The number of nitrogens with one attached hydrogen (secondary N) is 1. The van der Waals surface area contributed by atoms with Crippen molar-refractivity contribution < 1.29 is 18.9 Å². The first kappa shape index (κ1) is 18.2. The maximum absolute atomic E-state index is 5.96. The number of H-pyrrole nitrogens is 1. The number of ether oxygens (including phenoxy) is 4. The molecule has 2 unspecified atom stereocenters. The molecule has 3 aromatic carbocycles. The fourth-order valence-corrected chi connectivity index (χ4v) is 3.71. The SMILES string of the molecule is c1ccc(Oc2cccc(-c3c[nH]c(C4OC4Oc4ccc5c(c4)COC5)n3)c2)cc1. The zero-order chi connectivity index (χ0) is 20.6. The molecule has 2 atom stereocenters. The number of para-hydroxylation sites is 1. The van der Waals surface area contributed by atoms with Crippen LogP contribution in [0.15, 0.2) is 79.0 Å². The normalized spacial score (nSPS) is 19.1. The Morgan fingerprint density at radius 3 is 2.65 bits per heavy atom. The highest BCUT2D eigenvalue weighted by molar-refractivity contribution is 5.61. The molecule has 6 rings (SSSR count). The topological polar surface area (TPSA) is 68.9 Å². The lowest BCUT2D eigenvalue weighted by molar-refractivity contribution is 0.134. The molecule has 1 fully saturated rings. The van der Waals surface area contributed by atoms with E-state index in [1.807, 2.05) is 79.0 Å². The van der Waals surface area contributed by atoms with Crippen LogP contribution >= 0.6 is 0 Å². The van der Waals surface area contributed by atoms with Crippen LogP contribution in [0, 0.1) is 0 Å². The molecule has 0 aliphatic carbocycles. The molecule has 1 N–H and O–H groups in total. The third-order valence-corrected chi connectivity index (χ3v) is 5.37. The van der Waals surface area contributed by atoms with E-state index in [4.69, 9.17) is 23.9 Å². The van der Waals surface area contributed by atoms with E-state index >= 15 is 0 Å². The minimum Gasteiger partial charge on any atom is -0.462 e. The number of hydrogen-bond donors (Lipinski definition) is 1. The van der Waals surface area contributed by atoms with Crippen molar-refractivity contribution in [2.75, 3.05) is 0 Å². The lowest BCUT2D eigenvalue weighted by atomic mass is 10.1. The summed E-state index contributed by atoms with van der Waals surface area (Å²) in [5.74, 6) is 3.10. The summed E-state index contributed by atoms with van der Waals surface area (Å²) in [6, 6.07) is 23.6. The number of hydrogen-bond acceptors (Lipinski definition) is 5. The average Bonchev–Trinajstić information content (AvgIpc) is 3.19. The Morgan fingerprint density at radius 2 is 1.71 bits per heavy atom. The van der Waals surface area contributed by atoms with Crippen LogP contribution < -0.4 is 9.47 Å². The van der Waals surface area contributed by atoms with Crippen LogP contribution in [0.2, 0.25) is 0 Å². The predicted molar refractivity (Wildman–Crippen MR) is 114 cm³/mol. The minimum atomic E-state index is -0.341. The van der Waals surface area contributed by atoms with Gasteiger partial charge in [-0.1, -0.05) is 36.4 Å². The second-order valence-corrected chi connectivity index (χ2v) is 7.58. The van der Waals surface area contributed by atoms with Crippen LogP contribution in [-0.2, 0) is 22.7 Å². The fourth-order valence-electron chi connectivity index (χ4n) is 3.71. The molecule has 154 valence electrons. The summed E-state index contributed by atoms with van der Waals surface area (Å²) >= 11 is 0. The van der Waals surface area contributed by atoms with Gasteiger partial charge in [-0.25, -0.2) is 4.98 Å². The van der Waals surface area contributed by atoms with Crippen LogP contribution in [0.25, 0.3) is 11.3 Å². The summed E-state index contributed by atoms with van der Waals surface area (Å²) in [5.41, 5.74) is 4.19. The number of fused-ring (bicyclic) bond motifs is 1. The second-order valence-electron chi connectivity index (χ2n) is 7.58. The first-order valence-corrected chi connectivity index (χ1v) is 10.2. The Morgan fingerprint density at radius 1 is 0.839 bits per heavy atom. The molecule has 4 aromatic rings. The highest BCUT2D eigenvalue weighted by Crippen LogP contribution is 2.40. The highest BCUT2D eigenvalue weighted by atomic mass is 16.8. The van der Waals surface area contributed by atoms with Crippen molar-refractivity contribution in [2.24, 2.45) is 0 Å². The summed E-state index contributed by atoms with van der Waals surface area (Å²) < 4.78 is 23.1. The number of nitrogens with zero attached hydrogens (tertiary/aromatic N) is 1. The van der Waals surface area contributed by atoms with Gasteiger partial charge in [0.15, 0.2) is 6.10 Å². The van der Waals surface area contributed by atoms with Crippen molar-refractivity contribution >= 4 is 0 Å². The van der Waals surface area contributed by atoms with Gasteiger partial charge in [-0.05, 0) is 47.5 Å². The number of aromatic amines is 1. The van der Waals surface area contributed by atoms with Crippen molar-refractivity contribution in [3.8, 4) is 28.5 Å². The molecular formula is C25H20N2O4. The van der Waals surface area contributed by atoms with Crippen molar-refractivity contribution in [2.45, 2.75) is 25.6 Å². The molecule has 2 aliphatic rings. The van der Waals surface area contributed by atoms with E-state index < -0.39 is 0 Å². The van der Waals surface area contributed by atoms with Crippen LogP contribution in [0.5, 0.6) is 17.2 Å². The quantitative estimate of drug-likeness (QED) is 0.431. The van der Waals surface area contributed by atoms with Crippen molar-refractivity contribution in [1.82, 2.24) is 9.97 Å². The summed E-state index contributed by atoms with van der Waals surface area (Å²) in [6.07, 6.45) is 1.33. The molecular weight excluding hydrogens is 392 g/mol. The molecule has 31 heavy (non-hydrogen) atoms. The first-order valence-electron chi connectivity index (χ1n) is 10.2. The molecule has 0 bridgehead atoms. The third-order valence-electron chi connectivity index (χ3n) is 5.37. The zero-order valence-electron chi connectivity index (χ0n) is 16.7. The van der Waals surface area contributed by atoms with Gasteiger partial charge in [0.2, 0.25) is 6.29 Å². The summed E-state index contributed by atoms with van der Waals surface area (Å²) in [5, 5.41) is 0. The number of aromatic nitrogens is 2. The van der Waals surface area contributed by atoms with Gasteiger partial charge in [0.25, 0.3) is 0 Å². The van der Waals surface area contributed by atoms with E-state index in [1.165, 1.54) is 11.1 Å². The number of imidazole rings is 1. The fraction of sp³-hybridized carbons (Fsp3) is 0.160. The van der Waals surface area contributed by atoms with Gasteiger partial charge in [-0.3, -0.25) is 0 Å². The Kier molecular flexibility index (Phi) is 4.44. The monoisotopic (exact) mass is 412 g/mol. The van der Waals surface area contributed by atoms with E-state index in [1.54, 1.807) is 0 Å². The van der Waals surface area contributed by atoms with Gasteiger partial charge in [-0.15, -0.1) is 0 Å². The van der Waals surface area contributed by atoms with Crippen molar-refractivity contribution in [1.29, 1.82) is 0 Å². The van der Waals surface area contributed by atoms with Gasteiger partial charge in [0.1, 0.15) is 23.1 Å². The molecule has 0 spiro atoms. The van der Waals surface area contributed by atoms with E-state index in [0.717, 1.165) is 34.3 Å². The molecule has 0 radical (unpaired) electrons. The van der Waals surface area contributed by atoms with Crippen LogP contribution in [-0.4, -0.2) is 16.3 Å². The van der Waals surface area contributed by atoms with Gasteiger partial charge < -0.3 is 23.9 Å². The lowest BCUT2D eigenvalue weighted by Crippen LogP contribution is -2.01.